The number of fused-ring (bicyclic) bond motifs is 1. The van der Waals surface area contributed by atoms with Crippen LogP contribution in [0.4, 0.5) is 5.69 Å². The Bertz CT molecular complexity index is 1170. The van der Waals surface area contributed by atoms with E-state index in [0.29, 0.717) is 21.9 Å². The molecule has 10 nitrogen and oxygen atoms in total. The number of aromatic amines is 1. The zero-order chi connectivity index (χ0) is 22.0. The number of piperidine rings is 1. The average molecular weight is 443 g/mol. The number of nitrogens with one attached hydrogen (secondary N) is 1. The van der Waals surface area contributed by atoms with Gasteiger partial charge in [-0.3, -0.25) is 19.7 Å². The average Bonchev–Trinajstić information content (AvgIpc) is 3.22. The summed E-state index contributed by atoms with van der Waals surface area (Å²) in [7, 11) is 0. The third-order valence-corrected chi connectivity index (χ3v) is 6.33. The van der Waals surface area contributed by atoms with Crippen molar-refractivity contribution in [2.75, 3.05) is 12.3 Å². The Morgan fingerprint density at radius 2 is 2.10 bits per heavy atom. The maximum atomic E-state index is 12.7. The largest absolute Gasteiger partial charge is 0.339 e. The quantitative estimate of drug-likeness (QED) is 0.269. The van der Waals surface area contributed by atoms with Crippen LogP contribution in [-0.2, 0) is 4.79 Å². The molecular formula is C20H22N6O4S. The van der Waals surface area contributed by atoms with Crippen molar-refractivity contribution < 1.29 is 9.72 Å². The van der Waals surface area contributed by atoms with Crippen molar-refractivity contribution in [2.24, 2.45) is 0 Å². The van der Waals surface area contributed by atoms with Gasteiger partial charge in [-0.25, -0.2) is 9.67 Å². The molecule has 1 fully saturated rings. The van der Waals surface area contributed by atoms with Crippen LogP contribution in [0.3, 0.4) is 0 Å². The second kappa shape index (κ2) is 8.88. The van der Waals surface area contributed by atoms with E-state index in [2.05, 4.69) is 22.0 Å². The van der Waals surface area contributed by atoms with Crippen LogP contribution in [0.1, 0.15) is 32.6 Å². The molecule has 0 bridgehead atoms. The highest BCUT2D eigenvalue weighted by Crippen LogP contribution is 2.23. The lowest BCUT2D eigenvalue weighted by Gasteiger charge is -2.35. The van der Waals surface area contributed by atoms with Gasteiger partial charge >= 0.3 is 0 Å². The van der Waals surface area contributed by atoms with Gasteiger partial charge in [0.2, 0.25) is 5.91 Å². The third-order valence-electron chi connectivity index (χ3n) is 5.47. The number of H-pyrrole nitrogens is 1. The van der Waals surface area contributed by atoms with Gasteiger partial charge in [0.1, 0.15) is 5.39 Å². The smallest absolute Gasteiger partial charge is 0.269 e. The fourth-order valence-corrected chi connectivity index (χ4v) is 4.58. The Morgan fingerprint density at radius 1 is 1.32 bits per heavy atom. The summed E-state index contributed by atoms with van der Waals surface area (Å²) in [5, 5.41) is 15.7. The zero-order valence-electron chi connectivity index (χ0n) is 17.0. The predicted molar refractivity (Wildman–Crippen MR) is 117 cm³/mol. The number of hydrogen-bond acceptors (Lipinski definition) is 7. The number of carbonyl (C=O) groups excluding carboxylic acids is 1. The molecule has 162 valence electrons. The Kier molecular flexibility index (Phi) is 6.03. The molecule has 3 aromatic rings. The maximum absolute atomic E-state index is 12.7. The highest BCUT2D eigenvalue weighted by Gasteiger charge is 2.25. The molecule has 1 N–H and O–H groups in total. The molecule has 31 heavy (non-hydrogen) atoms. The van der Waals surface area contributed by atoms with Gasteiger partial charge in [-0.15, -0.1) is 0 Å². The van der Waals surface area contributed by atoms with Crippen LogP contribution in [-0.4, -0.2) is 53.8 Å². The van der Waals surface area contributed by atoms with E-state index in [1.807, 2.05) is 4.90 Å². The third kappa shape index (κ3) is 4.31. The van der Waals surface area contributed by atoms with Gasteiger partial charge in [-0.05, 0) is 37.8 Å². The topological polar surface area (TPSA) is 127 Å². The molecule has 1 aromatic carbocycles. The van der Waals surface area contributed by atoms with Crippen LogP contribution in [0, 0.1) is 10.1 Å². The van der Waals surface area contributed by atoms with E-state index in [0.717, 1.165) is 32.2 Å². The first-order valence-electron chi connectivity index (χ1n) is 10.1. The Morgan fingerprint density at radius 3 is 2.81 bits per heavy atom. The molecule has 3 heterocycles. The molecule has 2 aromatic heterocycles. The molecule has 1 atom stereocenters. The number of aromatic nitrogens is 4. The van der Waals surface area contributed by atoms with Crippen molar-refractivity contribution in [1.29, 1.82) is 0 Å². The lowest BCUT2D eigenvalue weighted by Crippen LogP contribution is -2.44. The van der Waals surface area contributed by atoms with E-state index in [1.54, 1.807) is 12.1 Å². The van der Waals surface area contributed by atoms with E-state index < -0.39 is 4.92 Å². The second-order valence-electron chi connectivity index (χ2n) is 7.37. The van der Waals surface area contributed by atoms with Crippen LogP contribution >= 0.6 is 11.8 Å². The van der Waals surface area contributed by atoms with Gasteiger partial charge in [0.05, 0.1) is 22.6 Å². The Hall–Kier alpha value is -3.21. The van der Waals surface area contributed by atoms with Gasteiger partial charge in [-0.2, -0.15) is 5.10 Å². The summed E-state index contributed by atoms with van der Waals surface area (Å²) in [6.45, 7) is 2.86. The van der Waals surface area contributed by atoms with Gasteiger partial charge < -0.3 is 9.88 Å². The minimum absolute atomic E-state index is 0.0381. The number of amides is 1. The van der Waals surface area contributed by atoms with E-state index in [-0.39, 0.29) is 28.9 Å². The van der Waals surface area contributed by atoms with Crippen molar-refractivity contribution >= 4 is 34.4 Å². The first-order chi connectivity index (χ1) is 15.0. The summed E-state index contributed by atoms with van der Waals surface area (Å²) in [6, 6.07) is 6.11. The summed E-state index contributed by atoms with van der Waals surface area (Å²) in [6.07, 6.45) is 5.53. The summed E-state index contributed by atoms with van der Waals surface area (Å²) in [5.41, 5.74) is 0.489. The molecule has 1 unspecified atom stereocenters. The molecule has 1 aliphatic heterocycles. The molecule has 4 rings (SSSR count). The number of rotatable bonds is 6. The van der Waals surface area contributed by atoms with Gasteiger partial charge in [-0.1, -0.05) is 18.7 Å². The van der Waals surface area contributed by atoms with Crippen LogP contribution < -0.4 is 5.56 Å². The van der Waals surface area contributed by atoms with Crippen LogP contribution in [0.25, 0.3) is 16.7 Å². The Balaban J connectivity index is 1.57. The molecule has 1 aliphatic rings. The van der Waals surface area contributed by atoms with Crippen LogP contribution in [0.15, 0.2) is 40.4 Å². The first kappa shape index (κ1) is 21.0. The second-order valence-corrected chi connectivity index (χ2v) is 8.34. The van der Waals surface area contributed by atoms with Crippen molar-refractivity contribution in [3.8, 4) is 5.69 Å². The van der Waals surface area contributed by atoms with Crippen LogP contribution in [0.2, 0.25) is 0 Å². The minimum atomic E-state index is -0.481. The predicted octanol–water partition coefficient (Wildman–Crippen LogP) is 2.90. The van der Waals surface area contributed by atoms with Gasteiger partial charge in [0.25, 0.3) is 11.2 Å². The number of carbonyl (C=O) groups is 1. The fraction of sp³-hybridized carbons (Fsp3) is 0.400. The number of non-ortho nitro benzene ring substituents is 1. The fourth-order valence-electron chi connectivity index (χ4n) is 3.84. The highest BCUT2D eigenvalue weighted by molar-refractivity contribution is 7.99. The van der Waals surface area contributed by atoms with Crippen molar-refractivity contribution in [2.45, 2.75) is 43.8 Å². The molecule has 11 heteroatoms. The molecular weight excluding hydrogens is 420 g/mol. The lowest BCUT2D eigenvalue weighted by atomic mass is 10.0. The molecule has 1 amide bonds. The molecule has 0 aliphatic carbocycles. The van der Waals surface area contributed by atoms with E-state index >= 15 is 0 Å². The summed E-state index contributed by atoms with van der Waals surface area (Å²) >= 11 is 1.19. The van der Waals surface area contributed by atoms with Gasteiger partial charge in [0.15, 0.2) is 10.8 Å². The molecule has 0 radical (unpaired) electrons. The number of benzene rings is 1. The van der Waals surface area contributed by atoms with Crippen molar-refractivity contribution in [1.82, 2.24) is 24.6 Å². The summed E-state index contributed by atoms with van der Waals surface area (Å²) in [5.74, 6) is 0.236. The summed E-state index contributed by atoms with van der Waals surface area (Å²) < 4.78 is 1.46. The molecule has 1 saturated heterocycles. The number of hydrogen-bond donors (Lipinski definition) is 1. The lowest BCUT2D eigenvalue weighted by molar-refractivity contribution is -0.384. The first-order valence-corrected chi connectivity index (χ1v) is 11.1. The van der Waals surface area contributed by atoms with E-state index in [4.69, 9.17) is 0 Å². The number of nitro groups is 1. The normalized spacial score (nSPS) is 16.5. The Labute approximate surface area is 181 Å². The number of nitro benzene ring substituents is 1. The van der Waals surface area contributed by atoms with Crippen LogP contribution in [0.5, 0.6) is 0 Å². The molecule has 0 saturated carbocycles. The summed E-state index contributed by atoms with van der Waals surface area (Å²) in [4.78, 5) is 44.7. The van der Waals surface area contributed by atoms with Crippen molar-refractivity contribution in [3.05, 3.63) is 50.9 Å². The minimum Gasteiger partial charge on any atom is -0.339 e. The zero-order valence-corrected chi connectivity index (χ0v) is 17.8. The highest BCUT2D eigenvalue weighted by atomic mass is 32.2. The van der Waals surface area contributed by atoms with Crippen molar-refractivity contribution in [3.63, 3.8) is 0 Å². The maximum Gasteiger partial charge on any atom is 0.269 e. The standard InChI is InChI=1S/C20H22N6O4S/c1-2-13-5-3-4-10-24(13)17(27)12-31-20-22-18-16(19(28)23-20)11-21-25(18)14-6-8-15(9-7-14)26(29)30/h6-9,11,13H,2-5,10,12H2,1H3,(H,22,23,28). The number of thioether (sulfide) groups is 1. The monoisotopic (exact) mass is 442 g/mol. The van der Waals surface area contributed by atoms with Gasteiger partial charge in [0, 0.05) is 24.7 Å². The van der Waals surface area contributed by atoms with E-state index in [1.165, 1.54) is 34.8 Å². The number of likely N-dealkylation sites (tertiary alicyclic amines) is 1. The SMILES string of the molecule is CCC1CCCCN1C(=O)CSc1nc2c(cnn2-c2ccc([N+](=O)[O-])cc2)c(=O)[nH]1. The molecule has 0 spiro atoms. The number of nitrogens with zero attached hydrogens (tertiary/aromatic N) is 5. The van der Waals surface area contributed by atoms with E-state index in [9.17, 15) is 19.7 Å².